The molecule has 0 aromatic heterocycles. The Morgan fingerprint density at radius 3 is 2.18 bits per heavy atom. The molecular weight excluding hydrogens is 737 g/mol. The van der Waals surface area contributed by atoms with Crippen molar-refractivity contribution in [2.45, 2.75) is 164 Å². The maximum atomic E-state index is 12.7. The molecule has 9 atom stereocenters. The fourth-order valence-electron chi connectivity index (χ4n) is 11.3. The van der Waals surface area contributed by atoms with E-state index in [4.69, 9.17) is 33.3 Å². The summed E-state index contributed by atoms with van der Waals surface area (Å²) >= 11 is 0. The number of nitrogens with one attached hydrogen (secondary N) is 1. The Morgan fingerprint density at radius 1 is 0.842 bits per heavy atom. The van der Waals surface area contributed by atoms with Gasteiger partial charge < -0.3 is 33.3 Å². The van der Waals surface area contributed by atoms with Crippen molar-refractivity contribution in [3.05, 3.63) is 11.6 Å². The summed E-state index contributed by atoms with van der Waals surface area (Å²) in [5.74, 6) is 5.01. The molecule has 57 heavy (non-hydrogen) atoms. The number of carbonyl (C=O) groups is 1. The number of hydrogen-bond donors (Lipinski definition) is 1. The van der Waals surface area contributed by atoms with Crippen molar-refractivity contribution in [3.8, 4) is 6.07 Å². The van der Waals surface area contributed by atoms with Gasteiger partial charge in [0.1, 0.15) is 6.10 Å². The molecule has 4 aliphatic rings. The van der Waals surface area contributed by atoms with Gasteiger partial charge in [-0.2, -0.15) is 5.26 Å². The number of allylic oxidation sites excluding steroid dienone is 1. The number of alkyl carbamates (subject to hydrolysis) is 1. The van der Waals surface area contributed by atoms with Crippen molar-refractivity contribution in [2.24, 2.45) is 46.3 Å². The van der Waals surface area contributed by atoms with Crippen LogP contribution in [0.5, 0.6) is 0 Å². The third kappa shape index (κ3) is 13.9. The van der Waals surface area contributed by atoms with Crippen molar-refractivity contribution in [1.29, 1.82) is 5.26 Å². The molecule has 1 amide bonds. The van der Waals surface area contributed by atoms with Gasteiger partial charge in [-0.05, 0) is 125 Å². The van der Waals surface area contributed by atoms with E-state index in [0.717, 1.165) is 61.2 Å². The van der Waals surface area contributed by atoms with E-state index in [1.807, 2.05) is 0 Å². The van der Waals surface area contributed by atoms with E-state index in [0.29, 0.717) is 71.2 Å². The van der Waals surface area contributed by atoms with Crippen LogP contribution < -0.4 is 5.32 Å². The Kier molecular flexibility index (Phi) is 20.5. The lowest BCUT2D eigenvalue weighted by atomic mass is 9.47. The fraction of sp³-hybridized carbons (Fsp3) is 0.913. The van der Waals surface area contributed by atoms with Crippen LogP contribution >= 0.6 is 8.53 Å². The third-order valence-electron chi connectivity index (χ3n) is 14.1. The fourth-order valence-corrected chi connectivity index (χ4v) is 12.9. The van der Waals surface area contributed by atoms with Crippen LogP contribution in [0, 0.1) is 57.7 Å². The minimum atomic E-state index is -1.25. The van der Waals surface area contributed by atoms with Gasteiger partial charge in [0.25, 0.3) is 8.53 Å². The Balaban J connectivity index is 1.04. The Bertz CT molecular complexity index is 1250. The number of hydrogen-bond acceptors (Lipinski definition) is 9. The average molecular weight is 820 g/mol. The highest BCUT2D eigenvalue weighted by atomic mass is 31.2. The van der Waals surface area contributed by atoms with Gasteiger partial charge in [0.05, 0.1) is 58.7 Å². The quantitative estimate of drug-likeness (QED) is 0.0518. The molecule has 4 rings (SSSR count). The lowest BCUT2D eigenvalue weighted by Gasteiger charge is -2.58. The molecule has 1 N–H and O–H groups in total. The highest BCUT2D eigenvalue weighted by Crippen LogP contribution is 2.67. The topological polar surface area (TPSA) is 112 Å². The first-order chi connectivity index (χ1) is 27.3. The Hall–Kier alpha value is -1.31. The minimum absolute atomic E-state index is 0.0331. The SMILES string of the molecule is CC(C)CCC[C@@H](C)[C@H]1CC[C@H]2[C@@H]3CC=C4C[C@@H](OC(=O)NCCCOCCOCCOCCOP(OCCC#N)N(C(C)C)C(C)C)CC[C@]4(C)[C@H]3CC[C@]12C. The van der Waals surface area contributed by atoms with Crippen molar-refractivity contribution in [3.63, 3.8) is 0 Å². The molecule has 0 aliphatic heterocycles. The lowest BCUT2D eigenvalue weighted by molar-refractivity contribution is -0.0581. The van der Waals surface area contributed by atoms with Gasteiger partial charge >= 0.3 is 6.09 Å². The zero-order chi connectivity index (χ0) is 41.4. The van der Waals surface area contributed by atoms with Crippen LogP contribution in [0.1, 0.15) is 146 Å². The summed E-state index contributed by atoms with van der Waals surface area (Å²) in [6.07, 6.45) is 17.3. The number of rotatable bonds is 26. The van der Waals surface area contributed by atoms with E-state index < -0.39 is 8.53 Å². The summed E-state index contributed by atoms with van der Waals surface area (Å²) in [6, 6.07) is 2.65. The molecule has 0 spiro atoms. The van der Waals surface area contributed by atoms with Gasteiger partial charge in [0.2, 0.25) is 0 Å². The maximum Gasteiger partial charge on any atom is 0.407 e. The highest BCUT2D eigenvalue weighted by Gasteiger charge is 2.59. The third-order valence-corrected chi connectivity index (χ3v) is 16.2. The van der Waals surface area contributed by atoms with Crippen LogP contribution in [0.25, 0.3) is 0 Å². The summed E-state index contributed by atoms with van der Waals surface area (Å²) in [5, 5.41) is 11.8. The molecule has 0 heterocycles. The van der Waals surface area contributed by atoms with Crippen molar-refractivity contribution in [1.82, 2.24) is 9.99 Å². The van der Waals surface area contributed by atoms with E-state index in [2.05, 4.69) is 84.4 Å². The Morgan fingerprint density at radius 2 is 1.51 bits per heavy atom. The number of fused-ring (bicyclic) bond motifs is 5. The van der Waals surface area contributed by atoms with E-state index >= 15 is 0 Å². The van der Waals surface area contributed by atoms with Crippen molar-refractivity contribution in [2.75, 3.05) is 59.4 Å². The van der Waals surface area contributed by atoms with E-state index in [-0.39, 0.29) is 29.7 Å². The first-order valence-electron chi connectivity index (χ1n) is 22.9. The summed E-state index contributed by atoms with van der Waals surface area (Å²) in [5.41, 5.74) is 2.33. The lowest BCUT2D eigenvalue weighted by Crippen LogP contribution is -2.51. The second-order valence-electron chi connectivity index (χ2n) is 19.1. The van der Waals surface area contributed by atoms with Gasteiger partial charge in [-0.3, -0.25) is 0 Å². The first kappa shape index (κ1) is 48.4. The standard InChI is InChI=1S/C46H82N3O7P/c1-34(2)13-10-14-37(7)41-17-18-42-40-16-15-38-33-39(19-21-45(38,8)43(40)20-22-46(41,42)9)56-44(50)48-24-12-25-51-27-28-52-29-30-53-31-32-55-57(54-26-11-23-47)49(35(3)4)36(5)6/h15,34-37,39-43H,10-14,16-22,24-33H2,1-9H3,(H,48,50)/t37-,39+,40+,41-,42+,43+,45+,46-,57?/m1/s1. The molecular formula is C46H82N3O7P. The molecule has 3 fully saturated rings. The second kappa shape index (κ2) is 24.2. The largest absolute Gasteiger partial charge is 0.446 e. The van der Waals surface area contributed by atoms with Crippen LogP contribution in [-0.2, 0) is 28.0 Å². The van der Waals surface area contributed by atoms with Crippen LogP contribution in [0.3, 0.4) is 0 Å². The molecule has 11 heteroatoms. The number of nitrogens with zero attached hydrogens (tertiary/aromatic N) is 2. The normalized spacial score (nSPS) is 29.5. The molecule has 0 bridgehead atoms. The summed E-state index contributed by atoms with van der Waals surface area (Å²) in [4.78, 5) is 12.7. The predicted molar refractivity (Wildman–Crippen MR) is 230 cm³/mol. The van der Waals surface area contributed by atoms with Gasteiger partial charge in [0.15, 0.2) is 0 Å². The van der Waals surface area contributed by atoms with Gasteiger partial charge in [-0.25, -0.2) is 9.46 Å². The number of carbonyl (C=O) groups excluding carboxylic acids is 1. The van der Waals surface area contributed by atoms with Crippen LogP contribution in [0.4, 0.5) is 4.79 Å². The molecule has 3 saturated carbocycles. The van der Waals surface area contributed by atoms with Crippen LogP contribution in [0.15, 0.2) is 11.6 Å². The number of amides is 1. The Labute approximate surface area is 349 Å². The number of ether oxygens (including phenoxy) is 4. The molecule has 0 radical (unpaired) electrons. The second-order valence-corrected chi connectivity index (χ2v) is 20.5. The van der Waals surface area contributed by atoms with Gasteiger partial charge in [0, 0.05) is 31.7 Å². The van der Waals surface area contributed by atoms with E-state index in [9.17, 15) is 4.79 Å². The summed E-state index contributed by atoms with van der Waals surface area (Å²) in [7, 11) is -1.25. The zero-order valence-corrected chi connectivity index (χ0v) is 38.4. The van der Waals surface area contributed by atoms with Crippen LogP contribution in [0.2, 0.25) is 0 Å². The monoisotopic (exact) mass is 820 g/mol. The van der Waals surface area contributed by atoms with Gasteiger partial charge in [-0.15, -0.1) is 0 Å². The van der Waals surface area contributed by atoms with Gasteiger partial charge in [-0.1, -0.05) is 65.5 Å². The molecule has 0 aromatic rings. The maximum absolute atomic E-state index is 12.7. The number of nitriles is 1. The van der Waals surface area contributed by atoms with Crippen molar-refractivity contribution < 1.29 is 32.8 Å². The van der Waals surface area contributed by atoms with Crippen molar-refractivity contribution >= 4 is 14.6 Å². The molecule has 1 unspecified atom stereocenters. The zero-order valence-electron chi connectivity index (χ0n) is 37.5. The molecule has 0 aromatic carbocycles. The summed E-state index contributed by atoms with van der Waals surface area (Å²) in [6.45, 7) is 25.2. The van der Waals surface area contributed by atoms with Crippen LogP contribution in [-0.4, -0.2) is 88.4 Å². The molecule has 328 valence electrons. The van der Waals surface area contributed by atoms with E-state index in [1.54, 1.807) is 5.57 Å². The smallest absolute Gasteiger partial charge is 0.407 e. The first-order valence-corrected chi connectivity index (χ1v) is 24.0. The minimum Gasteiger partial charge on any atom is -0.446 e. The average Bonchev–Trinajstić information content (AvgIpc) is 3.52. The molecule has 10 nitrogen and oxygen atoms in total. The summed E-state index contributed by atoms with van der Waals surface area (Å²) < 4.78 is 37.1. The van der Waals surface area contributed by atoms with E-state index in [1.165, 1.54) is 51.4 Å². The highest BCUT2D eigenvalue weighted by molar-refractivity contribution is 7.44. The predicted octanol–water partition coefficient (Wildman–Crippen LogP) is 10.9. The molecule has 4 aliphatic carbocycles. The molecule has 0 saturated heterocycles.